The van der Waals surface area contributed by atoms with Gasteiger partial charge in [-0.1, -0.05) is 26.2 Å². The minimum Gasteiger partial charge on any atom is -0.458 e. The van der Waals surface area contributed by atoms with Gasteiger partial charge in [-0.3, -0.25) is 9.59 Å². The minimum absolute atomic E-state index is 0.0539. The third kappa shape index (κ3) is 5.79. The topological polar surface area (TPSA) is 115 Å². The first-order chi connectivity index (χ1) is 16.0. The van der Waals surface area contributed by atoms with Crippen molar-refractivity contribution >= 4 is 11.8 Å². The molecule has 2 aromatic heterocycles. The molecule has 2 aromatic rings. The Kier molecular flexibility index (Phi) is 7.74. The van der Waals surface area contributed by atoms with E-state index in [0.29, 0.717) is 24.6 Å². The van der Waals surface area contributed by atoms with Gasteiger partial charge in [0.1, 0.15) is 18.3 Å². The summed E-state index contributed by atoms with van der Waals surface area (Å²) in [5, 5.41) is 15.4. The lowest BCUT2D eigenvalue weighted by Gasteiger charge is -2.36. The lowest BCUT2D eigenvalue weighted by Crippen LogP contribution is -2.55. The Morgan fingerprint density at radius 3 is 2.73 bits per heavy atom. The van der Waals surface area contributed by atoms with E-state index in [1.807, 2.05) is 19.9 Å². The number of rotatable bonds is 10. The Bertz CT molecular complexity index is 929. The summed E-state index contributed by atoms with van der Waals surface area (Å²) >= 11 is 0. The van der Waals surface area contributed by atoms with Gasteiger partial charge in [-0.15, -0.1) is 10.2 Å². The molecule has 10 nitrogen and oxygen atoms in total. The molecule has 180 valence electrons. The number of carbonyl (C=O) groups is 2. The number of ether oxygens (including phenoxy) is 1. The molecule has 2 aliphatic rings. The van der Waals surface area contributed by atoms with Crippen molar-refractivity contribution in [2.45, 2.75) is 89.9 Å². The number of hydrogen-bond acceptors (Lipinski definition) is 7. The molecule has 1 saturated carbocycles. The third-order valence-electron chi connectivity index (χ3n) is 6.42. The summed E-state index contributed by atoms with van der Waals surface area (Å²) in [5.74, 6) is 1.33. The lowest BCUT2D eigenvalue weighted by molar-refractivity contribution is -0.144. The average molecular weight is 459 g/mol. The van der Waals surface area contributed by atoms with Gasteiger partial charge in [0.25, 0.3) is 0 Å². The van der Waals surface area contributed by atoms with Crippen LogP contribution in [0.2, 0.25) is 0 Å². The SMILES string of the molecule is CCC[C@@H](C(=O)NC[C@H]1CCCO1)N(C(=O)Cn1nnc(-c2ccc(C)o2)n1)C1CCCC1. The largest absolute Gasteiger partial charge is 0.458 e. The highest BCUT2D eigenvalue weighted by Gasteiger charge is 2.36. The Morgan fingerprint density at radius 2 is 2.06 bits per heavy atom. The van der Waals surface area contributed by atoms with E-state index in [0.717, 1.165) is 57.3 Å². The van der Waals surface area contributed by atoms with Gasteiger partial charge >= 0.3 is 0 Å². The molecule has 0 aromatic carbocycles. The molecule has 10 heteroatoms. The molecule has 0 bridgehead atoms. The van der Waals surface area contributed by atoms with E-state index >= 15 is 0 Å². The van der Waals surface area contributed by atoms with Crippen LogP contribution in [0.25, 0.3) is 11.6 Å². The molecule has 2 fully saturated rings. The van der Waals surface area contributed by atoms with Gasteiger partial charge in [0.15, 0.2) is 5.76 Å². The fourth-order valence-electron chi connectivity index (χ4n) is 4.79. The van der Waals surface area contributed by atoms with Crippen molar-refractivity contribution in [1.82, 2.24) is 30.4 Å². The molecule has 0 unspecified atom stereocenters. The molecule has 1 N–H and O–H groups in total. The van der Waals surface area contributed by atoms with Crippen LogP contribution in [0.3, 0.4) is 0 Å². The number of tetrazole rings is 1. The van der Waals surface area contributed by atoms with E-state index in [2.05, 4.69) is 20.7 Å². The number of nitrogens with one attached hydrogen (secondary N) is 1. The van der Waals surface area contributed by atoms with Crippen LogP contribution in [-0.2, 0) is 20.9 Å². The molecule has 1 aliphatic heterocycles. The molecule has 0 radical (unpaired) electrons. The van der Waals surface area contributed by atoms with Crippen LogP contribution in [0.4, 0.5) is 0 Å². The van der Waals surface area contributed by atoms with Crippen LogP contribution in [0.15, 0.2) is 16.5 Å². The van der Waals surface area contributed by atoms with Crippen molar-refractivity contribution in [2.24, 2.45) is 0 Å². The Labute approximate surface area is 194 Å². The number of hydrogen-bond donors (Lipinski definition) is 1. The number of furan rings is 1. The van der Waals surface area contributed by atoms with Crippen molar-refractivity contribution in [2.75, 3.05) is 13.2 Å². The summed E-state index contributed by atoms with van der Waals surface area (Å²) in [6.07, 6.45) is 7.41. The molecule has 2 amide bonds. The molecular formula is C23H34N6O4. The number of aryl methyl sites for hydroxylation is 1. The normalized spacial score (nSPS) is 19.6. The van der Waals surface area contributed by atoms with Crippen molar-refractivity contribution in [3.8, 4) is 11.6 Å². The summed E-state index contributed by atoms with van der Waals surface area (Å²) in [7, 11) is 0. The van der Waals surface area contributed by atoms with E-state index in [1.165, 1.54) is 4.80 Å². The van der Waals surface area contributed by atoms with Gasteiger partial charge in [-0.05, 0) is 56.4 Å². The fraction of sp³-hybridized carbons (Fsp3) is 0.696. The summed E-state index contributed by atoms with van der Waals surface area (Å²) in [5.41, 5.74) is 0. The summed E-state index contributed by atoms with van der Waals surface area (Å²) in [4.78, 5) is 29.8. The summed E-state index contributed by atoms with van der Waals surface area (Å²) in [6, 6.07) is 3.15. The van der Waals surface area contributed by atoms with Crippen LogP contribution in [-0.4, -0.2) is 68.3 Å². The van der Waals surface area contributed by atoms with E-state index in [-0.39, 0.29) is 30.5 Å². The average Bonchev–Trinajstić information content (AvgIpc) is 3.60. The molecule has 33 heavy (non-hydrogen) atoms. The van der Waals surface area contributed by atoms with Crippen molar-refractivity contribution in [3.63, 3.8) is 0 Å². The first-order valence-electron chi connectivity index (χ1n) is 12.1. The molecule has 4 rings (SSSR count). The highest BCUT2D eigenvalue weighted by Crippen LogP contribution is 2.27. The van der Waals surface area contributed by atoms with E-state index in [9.17, 15) is 9.59 Å². The first kappa shape index (κ1) is 23.4. The van der Waals surface area contributed by atoms with E-state index in [1.54, 1.807) is 11.0 Å². The molecule has 3 heterocycles. The van der Waals surface area contributed by atoms with Crippen LogP contribution in [0, 0.1) is 6.92 Å². The van der Waals surface area contributed by atoms with Gasteiger partial charge in [0, 0.05) is 19.2 Å². The van der Waals surface area contributed by atoms with Crippen LogP contribution in [0.1, 0.15) is 64.1 Å². The zero-order valence-electron chi connectivity index (χ0n) is 19.5. The number of carbonyl (C=O) groups excluding carboxylic acids is 2. The Morgan fingerprint density at radius 1 is 1.24 bits per heavy atom. The zero-order valence-corrected chi connectivity index (χ0v) is 19.5. The Hall–Kier alpha value is -2.75. The second-order valence-electron chi connectivity index (χ2n) is 8.98. The van der Waals surface area contributed by atoms with Gasteiger partial charge in [0.05, 0.1) is 6.10 Å². The number of aromatic nitrogens is 4. The van der Waals surface area contributed by atoms with E-state index in [4.69, 9.17) is 9.15 Å². The van der Waals surface area contributed by atoms with Crippen molar-refractivity contribution in [3.05, 3.63) is 17.9 Å². The maximum absolute atomic E-state index is 13.5. The van der Waals surface area contributed by atoms with Gasteiger partial charge in [-0.2, -0.15) is 4.80 Å². The monoisotopic (exact) mass is 458 g/mol. The molecule has 2 atom stereocenters. The predicted molar refractivity (Wildman–Crippen MR) is 120 cm³/mol. The summed E-state index contributed by atoms with van der Waals surface area (Å²) < 4.78 is 11.2. The highest BCUT2D eigenvalue weighted by molar-refractivity contribution is 5.87. The fourth-order valence-corrected chi connectivity index (χ4v) is 4.79. The summed E-state index contributed by atoms with van der Waals surface area (Å²) in [6.45, 7) is 5.05. The second-order valence-corrected chi connectivity index (χ2v) is 8.98. The van der Waals surface area contributed by atoms with Crippen molar-refractivity contribution in [1.29, 1.82) is 0 Å². The zero-order chi connectivity index (χ0) is 23.2. The number of nitrogens with zero attached hydrogens (tertiary/aromatic N) is 5. The molecular weight excluding hydrogens is 424 g/mol. The quantitative estimate of drug-likeness (QED) is 0.581. The predicted octanol–water partition coefficient (Wildman–Crippen LogP) is 2.48. The first-order valence-corrected chi connectivity index (χ1v) is 12.1. The van der Waals surface area contributed by atoms with Crippen molar-refractivity contribution < 1.29 is 18.7 Å². The standard InChI is InChI=1S/C23H34N6O4/c1-3-7-19(23(31)24-14-18-10-6-13-32-18)29(17-8-4-5-9-17)21(30)15-28-26-22(25-27-28)20-12-11-16(2)33-20/h11-12,17-19H,3-10,13-15H2,1-2H3,(H,24,31)/t18-,19+/m1/s1. The number of amides is 2. The maximum atomic E-state index is 13.5. The second kappa shape index (κ2) is 10.9. The molecule has 1 aliphatic carbocycles. The van der Waals surface area contributed by atoms with Gasteiger partial charge < -0.3 is 19.4 Å². The molecule has 1 saturated heterocycles. The van der Waals surface area contributed by atoms with Gasteiger partial charge in [0.2, 0.25) is 17.6 Å². The molecule has 0 spiro atoms. The highest BCUT2D eigenvalue weighted by atomic mass is 16.5. The van der Waals surface area contributed by atoms with Crippen LogP contribution < -0.4 is 5.32 Å². The Balaban J connectivity index is 1.47. The third-order valence-corrected chi connectivity index (χ3v) is 6.42. The van der Waals surface area contributed by atoms with E-state index < -0.39 is 6.04 Å². The lowest BCUT2D eigenvalue weighted by atomic mass is 10.0. The minimum atomic E-state index is -0.511. The maximum Gasteiger partial charge on any atom is 0.247 e. The van der Waals surface area contributed by atoms with Crippen LogP contribution >= 0.6 is 0 Å². The smallest absolute Gasteiger partial charge is 0.247 e. The van der Waals surface area contributed by atoms with Gasteiger partial charge in [-0.25, -0.2) is 0 Å². The van der Waals surface area contributed by atoms with Crippen LogP contribution in [0.5, 0.6) is 0 Å².